The predicted octanol–water partition coefficient (Wildman–Crippen LogP) is 3.31. The summed E-state index contributed by atoms with van der Waals surface area (Å²) < 4.78 is 32.7. The third-order valence-electron chi connectivity index (χ3n) is 7.30. The van der Waals surface area contributed by atoms with Crippen molar-refractivity contribution in [1.29, 1.82) is 0 Å². The van der Waals surface area contributed by atoms with Crippen molar-refractivity contribution in [3.8, 4) is 0 Å². The number of thiophene rings is 1. The van der Waals surface area contributed by atoms with E-state index in [1.807, 2.05) is 36.6 Å². The van der Waals surface area contributed by atoms with Gasteiger partial charge in [0.25, 0.3) is 15.9 Å². The summed E-state index contributed by atoms with van der Waals surface area (Å²) in [6.07, 6.45) is 2.13. The van der Waals surface area contributed by atoms with Crippen LogP contribution >= 0.6 is 11.3 Å². The molecular formula is C29H31N3O6S2. The first-order valence-electron chi connectivity index (χ1n) is 13.2. The first-order valence-corrected chi connectivity index (χ1v) is 15.5. The maximum atomic E-state index is 14.0. The molecule has 0 saturated carbocycles. The molecule has 1 N–H and O–H groups in total. The molecule has 1 saturated heterocycles. The summed E-state index contributed by atoms with van der Waals surface area (Å²) in [5, 5.41) is 4.76. The van der Waals surface area contributed by atoms with Crippen LogP contribution in [0.3, 0.4) is 0 Å². The molecule has 2 aliphatic rings. The third kappa shape index (κ3) is 5.67. The number of hydrogen-bond acceptors (Lipinski definition) is 7. The van der Waals surface area contributed by atoms with Crippen LogP contribution in [-0.4, -0.2) is 67.7 Å². The second-order valence-corrected chi connectivity index (χ2v) is 12.7. The summed E-state index contributed by atoms with van der Waals surface area (Å²) in [5.41, 5.74) is 2.08. The Morgan fingerprint density at radius 1 is 1.12 bits per heavy atom. The highest BCUT2D eigenvalue weighted by atomic mass is 32.2. The van der Waals surface area contributed by atoms with Crippen molar-refractivity contribution in [2.45, 2.75) is 43.2 Å². The molecule has 2 unspecified atom stereocenters. The molecule has 2 aromatic carbocycles. The Hall–Kier alpha value is -3.54. The van der Waals surface area contributed by atoms with Crippen LogP contribution in [0, 0.1) is 6.92 Å². The van der Waals surface area contributed by atoms with Crippen LogP contribution in [0.5, 0.6) is 0 Å². The second kappa shape index (κ2) is 11.9. The zero-order valence-electron chi connectivity index (χ0n) is 22.1. The van der Waals surface area contributed by atoms with Crippen molar-refractivity contribution in [3.63, 3.8) is 0 Å². The fourth-order valence-electron chi connectivity index (χ4n) is 5.12. The maximum Gasteiger partial charge on any atom is 0.269 e. The number of sulfonamides is 1. The summed E-state index contributed by atoms with van der Waals surface area (Å²) in [6.45, 7) is 2.38. The van der Waals surface area contributed by atoms with Gasteiger partial charge < -0.3 is 15.0 Å². The number of benzene rings is 2. The minimum Gasteiger partial charge on any atom is -0.376 e. The van der Waals surface area contributed by atoms with Crippen LogP contribution in [0.25, 0.3) is 0 Å². The minimum atomic E-state index is -4.20. The minimum absolute atomic E-state index is 0.0332. The Kier molecular flexibility index (Phi) is 8.34. The van der Waals surface area contributed by atoms with Gasteiger partial charge in [-0.1, -0.05) is 42.5 Å². The Balaban J connectivity index is 1.45. The van der Waals surface area contributed by atoms with Crippen LogP contribution in [-0.2, 0) is 30.8 Å². The molecule has 210 valence electrons. The van der Waals surface area contributed by atoms with Gasteiger partial charge in [0.2, 0.25) is 11.8 Å². The van der Waals surface area contributed by atoms with Crippen LogP contribution in [0.1, 0.15) is 45.2 Å². The molecule has 0 spiro atoms. The molecule has 5 rings (SSSR count). The summed E-state index contributed by atoms with van der Waals surface area (Å²) in [4.78, 5) is 42.6. The SMILES string of the molecule is Cc1ccccc1CCN(C(=O)CN1C(=O)c2ccccc2S1(=O)=O)C(C(=O)NCC1CCCO1)c1cccs1. The molecule has 0 bridgehead atoms. The van der Waals surface area contributed by atoms with Crippen molar-refractivity contribution in [2.75, 3.05) is 26.2 Å². The van der Waals surface area contributed by atoms with E-state index >= 15 is 0 Å². The monoisotopic (exact) mass is 581 g/mol. The molecule has 3 amide bonds. The van der Waals surface area contributed by atoms with E-state index in [-0.39, 0.29) is 29.0 Å². The highest BCUT2D eigenvalue weighted by Crippen LogP contribution is 2.31. The zero-order chi connectivity index (χ0) is 28.3. The molecule has 2 atom stereocenters. The van der Waals surface area contributed by atoms with Crippen molar-refractivity contribution in [1.82, 2.24) is 14.5 Å². The molecule has 0 aliphatic carbocycles. The van der Waals surface area contributed by atoms with E-state index < -0.39 is 34.4 Å². The van der Waals surface area contributed by atoms with Crippen LogP contribution < -0.4 is 5.32 Å². The van der Waals surface area contributed by atoms with Crippen molar-refractivity contribution in [2.24, 2.45) is 0 Å². The lowest BCUT2D eigenvalue weighted by atomic mass is 10.0. The maximum absolute atomic E-state index is 14.0. The average molecular weight is 582 g/mol. The molecule has 9 nitrogen and oxygen atoms in total. The van der Waals surface area contributed by atoms with E-state index in [0.29, 0.717) is 28.8 Å². The first kappa shape index (κ1) is 28.0. The van der Waals surface area contributed by atoms with Gasteiger partial charge in [0.05, 0.1) is 11.7 Å². The smallest absolute Gasteiger partial charge is 0.269 e. The molecule has 1 fully saturated rings. The van der Waals surface area contributed by atoms with Gasteiger partial charge in [-0.3, -0.25) is 14.4 Å². The number of fused-ring (bicyclic) bond motifs is 1. The van der Waals surface area contributed by atoms with Gasteiger partial charge in [-0.05, 0) is 60.9 Å². The van der Waals surface area contributed by atoms with Gasteiger partial charge in [0.1, 0.15) is 17.5 Å². The Bertz CT molecular complexity index is 1500. The number of carbonyl (C=O) groups excluding carboxylic acids is 3. The van der Waals surface area contributed by atoms with E-state index in [1.165, 1.54) is 34.4 Å². The Morgan fingerprint density at radius 2 is 1.90 bits per heavy atom. The average Bonchev–Trinajstić information content (AvgIpc) is 3.70. The quantitative estimate of drug-likeness (QED) is 0.393. The highest BCUT2D eigenvalue weighted by molar-refractivity contribution is 7.90. The van der Waals surface area contributed by atoms with Crippen LogP contribution in [0.15, 0.2) is 70.9 Å². The standard InChI is InChI=1S/C29H31N3O6S2/c1-20-8-2-3-9-21(20)14-15-31(26(33)19-32-29(35)23-11-4-5-13-25(23)40(32,36)37)27(24-12-7-17-39-24)28(34)30-18-22-10-6-16-38-22/h2-5,7-9,11-13,17,22,27H,6,10,14-16,18-19H2,1H3,(H,30,34). The van der Waals surface area contributed by atoms with E-state index in [9.17, 15) is 22.8 Å². The molecule has 1 aromatic heterocycles. The summed E-state index contributed by atoms with van der Waals surface area (Å²) in [5.74, 6) is -1.77. The molecule has 3 aromatic rings. The fraction of sp³-hybridized carbons (Fsp3) is 0.345. The lowest BCUT2D eigenvalue weighted by Gasteiger charge is -2.32. The number of nitrogens with one attached hydrogen (secondary N) is 1. The van der Waals surface area contributed by atoms with Gasteiger partial charge in [-0.15, -0.1) is 11.3 Å². The second-order valence-electron chi connectivity index (χ2n) is 9.87. The highest BCUT2D eigenvalue weighted by Gasteiger charge is 2.43. The van der Waals surface area contributed by atoms with Gasteiger partial charge in [0.15, 0.2) is 0 Å². The largest absolute Gasteiger partial charge is 0.376 e. The van der Waals surface area contributed by atoms with Crippen molar-refractivity contribution in [3.05, 3.63) is 87.6 Å². The van der Waals surface area contributed by atoms with Gasteiger partial charge in [-0.2, -0.15) is 0 Å². The van der Waals surface area contributed by atoms with Crippen molar-refractivity contribution < 1.29 is 27.5 Å². The first-order chi connectivity index (χ1) is 19.3. The lowest BCUT2D eigenvalue weighted by Crippen LogP contribution is -2.49. The number of amides is 3. The number of nitrogens with zero attached hydrogens (tertiary/aromatic N) is 2. The van der Waals surface area contributed by atoms with Crippen molar-refractivity contribution >= 4 is 39.1 Å². The van der Waals surface area contributed by atoms with Gasteiger partial charge in [-0.25, -0.2) is 12.7 Å². The molecule has 0 radical (unpaired) electrons. The van der Waals surface area contributed by atoms with Gasteiger partial charge in [0, 0.05) is 24.6 Å². The number of carbonyl (C=O) groups is 3. The molecule has 3 heterocycles. The summed E-state index contributed by atoms with van der Waals surface area (Å²) in [7, 11) is -4.20. The van der Waals surface area contributed by atoms with E-state index in [0.717, 1.165) is 24.0 Å². The van der Waals surface area contributed by atoms with Crippen LogP contribution in [0.2, 0.25) is 0 Å². The number of ether oxygens (including phenoxy) is 1. The van der Waals surface area contributed by atoms with Gasteiger partial charge >= 0.3 is 0 Å². The summed E-state index contributed by atoms with van der Waals surface area (Å²) >= 11 is 1.34. The fourth-order valence-corrected chi connectivity index (χ4v) is 7.47. The predicted molar refractivity (Wildman–Crippen MR) is 150 cm³/mol. The molecule has 40 heavy (non-hydrogen) atoms. The Morgan fingerprint density at radius 3 is 2.60 bits per heavy atom. The lowest BCUT2D eigenvalue weighted by molar-refractivity contribution is -0.140. The number of hydrogen-bond donors (Lipinski definition) is 1. The van der Waals surface area contributed by atoms with Crippen LogP contribution in [0.4, 0.5) is 0 Å². The number of aryl methyl sites for hydroxylation is 1. The summed E-state index contributed by atoms with van der Waals surface area (Å²) in [6, 6.07) is 16.3. The zero-order valence-corrected chi connectivity index (χ0v) is 23.7. The third-order valence-corrected chi connectivity index (χ3v) is 10.0. The van der Waals surface area contributed by atoms with E-state index in [4.69, 9.17) is 4.74 Å². The molecule has 2 aliphatic heterocycles. The Labute approximate surface area is 237 Å². The molecule has 11 heteroatoms. The van der Waals surface area contributed by atoms with E-state index in [2.05, 4.69) is 5.32 Å². The normalized spacial score (nSPS) is 18.4. The molecular weight excluding hydrogens is 550 g/mol. The number of rotatable bonds is 10. The van der Waals surface area contributed by atoms with E-state index in [1.54, 1.807) is 18.2 Å². The topological polar surface area (TPSA) is 113 Å².